The summed E-state index contributed by atoms with van der Waals surface area (Å²) >= 11 is 5.13. The largest absolute Gasteiger partial charge is 0.496 e. The van der Waals surface area contributed by atoms with Gasteiger partial charge in [-0.1, -0.05) is 22.0 Å². The molecule has 0 saturated carbocycles. The van der Waals surface area contributed by atoms with E-state index in [2.05, 4.69) is 44.6 Å². The number of halogens is 1. The molecule has 0 radical (unpaired) electrons. The maximum atomic E-state index is 5.44. The van der Waals surface area contributed by atoms with Gasteiger partial charge in [0.1, 0.15) is 10.8 Å². The Bertz CT molecular complexity index is 807. The third-order valence-electron chi connectivity index (χ3n) is 3.72. The summed E-state index contributed by atoms with van der Waals surface area (Å²) in [5.74, 6) is 0.829. The molecule has 0 aliphatic rings. The van der Waals surface area contributed by atoms with Gasteiger partial charge in [-0.2, -0.15) is 0 Å². The molecule has 6 heteroatoms. The number of methoxy groups -OCH3 is 1. The van der Waals surface area contributed by atoms with Gasteiger partial charge in [0.25, 0.3) is 0 Å². The van der Waals surface area contributed by atoms with Crippen molar-refractivity contribution in [2.45, 2.75) is 19.5 Å². The Balaban J connectivity index is 1.71. The van der Waals surface area contributed by atoms with Gasteiger partial charge < -0.3 is 10.1 Å². The second-order valence-electron chi connectivity index (χ2n) is 5.38. The molecule has 1 unspecified atom stereocenters. The lowest BCUT2D eigenvalue weighted by molar-refractivity contribution is 0.416. The van der Waals surface area contributed by atoms with E-state index in [9.17, 15) is 0 Å². The first kappa shape index (κ1) is 17.1. The van der Waals surface area contributed by atoms with Crippen LogP contribution in [0.3, 0.4) is 0 Å². The van der Waals surface area contributed by atoms with Crippen LogP contribution in [0.2, 0.25) is 0 Å². The van der Waals surface area contributed by atoms with Crippen molar-refractivity contribution < 1.29 is 4.74 Å². The maximum Gasteiger partial charge on any atom is 0.129 e. The van der Waals surface area contributed by atoms with Gasteiger partial charge in [-0.15, -0.1) is 11.3 Å². The number of benzene rings is 1. The van der Waals surface area contributed by atoms with Gasteiger partial charge in [0.15, 0.2) is 0 Å². The predicted molar refractivity (Wildman–Crippen MR) is 101 cm³/mol. The van der Waals surface area contributed by atoms with Crippen LogP contribution >= 0.6 is 27.3 Å². The molecule has 0 bridgehead atoms. The molecule has 0 amide bonds. The van der Waals surface area contributed by atoms with Gasteiger partial charge in [0.2, 0.25) is 0 Å². The molecule has 124 valence electrons. The molecule has 4 nitrogen and oxygen atoms in total. The molecular weight excluding hydrogens is 386 g/mol. The SMILES string of the molecule is COc1ccc(Br)cc1-c1nc(CNC(C)c2cccnc2)cs1. The summed E-state index contributed by atoms with van der Waals surface area (Å²) in [6, 6.07) is 10.2. The molecule has 1 atom stereocenters. The molecule has 0 saturated heterocycles. The highest BCUT2D eigenvalue weighted by molar-refractivity contribution is 9.10. The van der Waals surface area contributed by atoms with Crippen molar-refractivity contribution in [3.63, 3.8) is 0 Å². The van der Waals surface area contributed by atoms with Crippen LogP contribution in [0, 0.1) is 0 Å². The Morgan fingerprint density at radius 1 is 1.33 bits per heavy atom. The second kappa shape index (κ2) is 7.88. The Labute approximate surface area is 154 Å². The Morgan fingerprint density at radius 2 is 2.21 bits per heavy atom. The lowest BCUT2D eigenvalue weighted by atomic mass is 10.1. The van der Waals surface area contributed by atoms with Crippen molar-refractivity contribution in [2.24, 2.45) is 0 Å². The van der Waals surface area contributed by atoms with E-state index >= 15 is 0 Å². The van der Waals surface area contributed by atoms with E-state index in [1.165, 1.54) is 5.56 Å². The van der Waals surface area contributed by atoms with Crippen LogP contribution in [-0.2, 0) is 6.54 Å². The minimum absolute atomic E-state index is 0.226. The Kier molecular flexibility index (Phi) is 5.60. The van der Waals surface area contributed by atoms with E-state index in [0.717, 1.165) is 26.5 Å². The molecule has 2 aromatic heterocycles. The Morgan fingerprint density at radius 3 is 2.96 bits per heavy atom. The zero-order valence-electron chi connectivity index (χ0n) is 13.5. The van der Waals surface area contributed by atoms with Gasteiger partial charge in [-0.25, -0.2) is 4.98 Å². The quantitative estimate of drug-likeness (QED) is 0.640. The molecule has 3 rings (SSSR count). The number of pyridine rings is 1. The van der Waals surface area contributed by atoms with Crippen molar-refractivity contribution >= 4 is 27.3 Å². The Hall–Kier alpha value is -1.76. The summed E-state index contributed by atoms with van der Waals surface area (Å²) in [7, 11) is 1.68. The van der Waals surface area contributed by atoms with Crippen LogP contribution in [0.4, 0.5) is 0 Å². The molecule has 24 heavy (non-hydrogen) atoms. The fourth-order valence-corrected chi connectivity index (χ4v) is 3.57. The molecule has 1 N–H and O–H groups in total. The van der Waals surface area contributed by atoms with Crippen molar-refractivity contribution in [2.75, 3.05) is 7.11 Å². The summed E-state index contributed by atoms with van der Waals surface area (Å²) in [4.78, 5) is 8.90. The van der Waals surface area contributed by atoms with Gasteiger partial charge in [0.05, 0.1) is 18.4 Å². The number of nitrogens with one attached hydrogen (secondary N) is 1. The number of thiazole rings is 1. The van der Waals surface area contributed by atoms with Crippen LogP contribution in [0.15, 0.2) is 52.6 Å². The summed E-state index contributed by atoms with van der Waals surface area (Å²) < 4.78 is 6.46. The highest BCUT2D eigenvalue weighted by Gasteiger charge is 2.12. The third-order valence-corrected chi connectivity index (χ3v) is 5.14. The summed E-state index contributed by atoms with van der Waals surface area (Å²) in [5.41, 5.74) is 3.19. The van der Waals surface area contributed by atoms with E-state index in [-0.39, 0.29) is 6.04 Å². The molecule has 0 spiro atoms. The number of hydrogen-bond donors (Lipinski definition) is 1. The monoisotopic (exact) mass is 403 g/mol. The van der Waals surface area contributed by atoms with Crippen LogP contribution < -0.4 is 10.1 Å². The van der Waals surface area contributed by atoms with Crippen molar-refractivity contribution in [3.8, 4) is 16.3 Å². The van der Waals surface area contributed by atoms with E-state index in [0.29, 0.717) is 6.54 Å². The number of hydrogen-bond acceptors (Lipinski definition) is 5. The maximum absolute atomic E-state index is 5.44. The van der Waals surface area contributed by atoms with Crippen LogP contribution in [0.25, 0.3) is 10.6 Å². The number of rotatable bonds is 6. The standard InChI is InChI=1S/C18H18BrN3OS/c1-12(13-4-3-7-20-9-13)21-10-15-11-24-18(22-15)16-8-14(19)5-6-17(16)23-2/h3-9,11-12,21H,10H2,1-2H3. The number of ether oxygens (including phenoxy) is 1. The first-order chi connectivity index (χ1) is 11.7. The van der Waals surface area contributed by atoms with Gasteiger partial charge >= 0.3 is 0 Å². The second-order valence-corrected chi connectivity index (χ2v) is 7.15. The van der Waals surface area contributed by atoms with Crippen molar-refractivity contribution in [1.82, 2.24) is 15.3 Å². The normalized spacial score (nSPS) is 12.1. The topological polar surface area (TPSA) is 47.0 Å². The van der Waals surface area contributed by atoms with E-state index in [1.807, 2.05) is 30.5 Å². The summed E-state index contributed by atoms with van der Waals surface area (Å²) in [6.45, 7) is 2.84. The van der Waals surface area contributed by atoms with Gasteiger partial charge in [-0.05, 0) is 36.8 Å². The molecule has 0 fully saturated rings. The lowest BCUT2D eigenvalue weighted by Gasteiger charge is -2.12. The molecular formula is C18H18BrN3OS. The van der Waals surface area contributed by atoms with Crippen molar-refractivity contribution in [1.29, 1.82) is 0 Å². The van der Waals surface area contributed by atoms with Crippen LogP contribution in [0.1, 0.15) is 24.2 Å². The molecule has 0 aliphatic heterocycles. The average Bonchev–Trinajstić information content (AvgIpc) is 3.09. The molecule has 0 aliphatic carbocycles. The average molecular weight is 404 g/mol. The predicted octanol–water partition coefficient (Wildman–Crippen LogP) is 4.83. The molecule has 1 aromatic carbocycles. The van der Waals surface area contributed by atoms with Crippen LogP contribution in [0.5, 0.6) is 5.75 Å². The first-order valence-corrected chi connectivity index (χ1v) is 9.26. The highest BCUT2D eigenvalue weighted by Crippen LogP contribution is 2.34. The lowest BCUT2D eigenvalue weighted by Crippen LogP contribution is -2.18. The van der Waals surface area contributed by atoms with Crippen molar-refractivity contribution in [3.05, 3.63) is 63.8 Å². The zero-order chi connectivity index (χ0) is 16.9. The first-order valence-electron chi connectivity index (χ1n) is 7.59. The highest BCUT2D eigenvalue weighted by atomic mass is 79.9. The zero-order valence-corrected chi connectivity index (χ0v) is 15.9. The number of nitrogens with zero attached hydrogens (tertiary/aromatic N) is 2. The summed E-state index contributed by atoms with van der Waals surface area (Å²) in [5, 5.41) is 6.52. The number of aromatic nitrogens is 2. The van der Waals surface area contributed by atoms with E-state index < -0.39 is 0 Å². The fraction of sp³-hybridized carbons (Fsp3) is 0.222. The third kappa shape index (κ3) is 4.01. The molecule has 2 heterocycles. The molecule has 3 aromatic rings. The van der Waals surface area contributed by atoms with E-state index in [4.69, 9.17) is 9.72 Å². The van der Waals surface area contributed by atoms with Gasteiger partial charge in [-0.3, -0.25) is 4.98 Å². The minimum atomic E-state index is 0.226. The minimum Gasteiger partial charge on any atom is -0.496 e. The smallest absolute Gasteiger partial charge is 0.129 e. The van der Waals surface area contributed by atoms with Gasteiger partial charge in [0, 0.05) is 34.8 Å². The fourth-order valence-electron chi connectivity index (χ4n) is 2.37. The van der Waals surface area contributed by atoms with Crippen LogP contribution in [-0.4, -0.2) is 17.1 Å². The summed E-state index contributed by atoms with van der Waals surface area (Å²) in [6.07, 6.45) is 3.67. The van der Waals surface area contributed by atoms with E-state index in [1.54, 1.807) is 24.6 Å².